The van der Waals surface area contributed by atoms with E-state index in [0.29, 0.717) is 17.1 Å². The second kappa shape index (κ2) is 4.56. The summed E-state index contributed by atoms with van der Waals surface area (Å²) in [6, 6.07) is 6.46. The minimum absolute atomic E-state index is 0.0181. The van der Waals surface area contributed by atoms with Crippen molar-refractivity contribution >= 4 is 11.5 Å². The third-order valence-electron chi connectivity index (χ3n) is 2.29. The smallest absolute Gasteiger partial charge is 0.278 e. The molecule has 0 bridgehead atoms. The number of rotatable bonds is 3. The van der Waals surface area contributed by atoms with Crippen LogP contribution in [0.25, 0.3) is 11.3 Å². The van der Waals surface area contributed by atoms with Crippen molar-refractivity contribution < 1.29 is 4.92 Å². The van der Waals surface area contributed by atoms with E-state index in [1.807, 2.05) is 0 Å². The number of nitrogens with one attached hydrogen (secondary N) is 1. The van der Waals surface area contributed by atoms with Crippen molar-refractivity contribution in [3.05, 3.63) is 46.8 Å². The van der Waals surface area contributed by atoms with Crippen LogP contribution in [0, 0.1) is 10.1 Å². The summed E-state index contributed by atoms with van der Waals surface area (Å²) in [5, 5.41) is 13.8. The average Bonchev–Trinajstić information content (AvgIpc) is 2.38. The molecule has 1 aromatic carbocycles. The molecule has 2 rings (SSSR count). The number of nitro benzene ring substituents is 1. The number of hydrogen-bond acceptors (Lipinski definition) is 5. The van der Waals surface area contributed by atoms with Crippen molar-refractivity contribution in [3.8, 4) is 11.3 Å². The Hall–Kier alpha value is -2.50. The Kier molecular flexibility index (Phi) is 2.95. The molecule has 1 aromatic heterocycles. The van der Waals surface area contributed by atoms with Gasteiger partial charge in [0.2, 0.25) is 0 Å². The second-order valence-corrected chi connectivity index (χ2v) is 3.28. The van der Waals surface area contributed by atoms with E-state index >= 15 is 0 Å². The first-order valence-corrected chi connectivity index (χ1v) is 4.96. The lowest BCUT2D eigenvalue weighted by molar-refractivity contribution is -0.384. The number of hydrogen-bond donors (Lipinski definition) is 1. The van der Waals surface area contributed by atoms with Gasteiger partial charge in [-0.25, -0.2) is 4.98 Å². The number of para-hydroxylation sites is 1. The van der Waals surface area contributed by atoms with E-state index in [1.165, 1.54) is 18.5 Å². The quantitative estimate of drug-likeness (QED) is 0.645. The maximum atomic E-state index is 10.9. The van der Waals surface area contributed by atoms with Gasteiger partial charge in [0, 0.05) is 25.5 Å². The largest absolute Gasteiger partial charge is 0.371 e. The van der Waals surface area contributed by atoms with Gasteiger partial charge in [0.15, 0.2) is 5.82 Å². The Bertz CT molecular complexity index is 557. The van der Waals surface area contributed by atoms with Crippen LogP contribution >= 0.6 is 0 Å². The second-order valence-electron chi connectivity index (χ2n) is 3.28. The summed E-state index contributed by atoms with van der Waals surface area (Å²) in [5.74, 6) is 0.516. The van der Waals surface area contributed by atoms with Crippen LogP contribution in [0.4, 0.5) is 11.5 Å². The first-order chi connectivity index (χ1) is 8.24. The number of nitro groups is 1. The zero-order valence-corrected chi connectivity index (χ0v) is 9.12. The molecule has 17 heavy (non-hydrogen) atoms. The van der Waals surface area contributed by atoms with Crippen molar-refractivity contribution in [2.45, 2.75) is 0 Å². The molecule has 2 aromatic rings. The summed E-state index contributed by atoms with van der Waals surface area (Å²) in [6.45, 7) is 0. The highest BCUT2D eigenvalue weighted by atomic mass is 16.6. The summed E-state index contributed by atoms with van der Waals surface area (Å²) in [5.41, 5.74) is 0.946. The van der Waals surface area contributed by atoms with Crippen molar-refractivity contribution in [1.29, 1.82) is 0 Å². The molecular weight excluding hydrogens is 220 g/mol. The van der Waals surface area contributed by atoms with E-state index < -0.39 is 4.92 Å². The van der Waals surface area contributed by atoms with Gasteiger partial charge in [-0.1, -0.05) is 12.1 Å². The third kappa shape index (κ3) is 2.05. The molecule has 0 saturated carbocycles. The molecule has 0 aliphatic carbocycles. The summed E-state index contributed by atoms with van der Waals surface area (Å²) in [6.07, 6.45) is 3.04. The fraction of sp³-hybridized carbons (Fsp3) is 0.0909. The molecule has 86 valence electrons. The van der Waals surface area contributed by atoms with Gasteiger partial charge in [0.25, 0.3) is 5.69 Å². The molecular formula is C11H10N4O2. The van der Waals surface area contributed by atoms with Gasteiger partial charge in [-0.15, -0.1) is 0 Å². The van der Waals surface area contributed by atoms with E-state index in [1.54, 1.807) is 25.2 Å². The molecule has 0 spiro atoms. The van der Waals surface area contributed by atoms with Crippen LogP contribution in [-0.4, -0.2) is 21.9 Å². The van der Waals surface area contributed by atoms with Crippen LogP contribution in [0.5, 0.6) is 0 Å². The Morgan fingerprint density at radius 2 is 1.94 bits per heavy atom. The lowest BCUT2D eigenvalue weighted by Gasteiger charge is -2.06. The minimum Gasteiger partial charge on any atom is -0.371 e. The predicted octanol–water partition coefficient (Wildman–Crippen LogP) is 2.09. The van der Waals surface area contributed by atoms with Gasteiger partial charge >= 0.3 is 0 Å². The van der Waals surface area contributed by atoms with Gasteiger partial charge in [-0.3, -0.25) is 15.1 Å². The van der Waals surface area contributed by atoms with E-state index in [2.05, 4.69) is 15.3 Å². The van der Waals surface area contributed by atoms with Gasteiger partial charge in [-0.05, 0) is 6.07 Å². The van der Waals surface area contributed by atoms with Crippen molar-refractivity contribution in [2.75, 3.05) is 12.4 Å². The Labute approximate surface area is 97.5 Å². The van der Waals surface area contributed by atoms with Crippen LogP contribution in [0.1, 0.15) is 0 Å². The topological polar surface area (TPSA) is 81.0 Å². The van der Waals surface area contributed by atoms with E-state index in [-0.39, 0.29) is 5.69 Å². The summed E-state index contributed by atoms with van der Waals surface area (Å²) >= 11 is 0. The molecule has 0 aliphatic rings. The summed E-state index contributed by atoms with van der Waals surface area (Å²) in [7, 11) is 1.70. The maximum Gasteiger partial charge on any atom is 0.278 e. The highest BCUT2D eigenvalue weighted by Gasteiger charge is 2.17. The zero-order chi connectivity index (χ0) is 12.3. The fourth-order valence-electron chi connectivity index (χ4n) is 1.55. The summed E-state index contributed by atoms with van der Waals surface area (Å²) < 4.78 is 0. The van der Waals surface area contributed by atoms with Gasteiger partial charge in [0.1, 0.15) is 5.69 Å². The van der Waals surface area contributed by atoms with Crippen LogP contribution in [0.3, 0.4) is 0 Å². The zero-order valence-electron chi connectivity index (χ0n) is 9.12. The first kappa shape index (κ1) is 11.0. The van der Waals surface area contributed by atoms with Crippen molar-refractivity contribution in [1.82, 2.24) is 9.97 Å². The normalized spacial score (nSPS) is 9.94. The maximum absolute atomic E-state index is 10.9. The fourth-order valence-corrected chi connectivity index (χ4v) is 1.55. The van der Waals surface area contributed by atoms with E-state index in [9.17, 15) is 10.1 Å². The highest BCUT2D eigenvalue weighted by molar-refractivity contribution is 5.78. The van der Waals surface area contributed by atoms with Crippen molar-refractivity contribution in [2.24, 2.45) is 0 Å². The van der Waals surface area contributed by atoms with Gasteiger partial charge < -0.3 is 5.32 Å². The van der Waals surface area contributed by atoms with Crippen molar-refractivity contribution in [3.63, 3.8) is 0 Å². The molecule has 0 aliphatic heterocycles. The Balaban J connectivity index is 2.64. The minimum atomic E-state index is -0.427. The Morgan fingerprint density at radius 3 is 2.65 bits per heavy atom. The number of benzene rings is 1. The number of nitrogens with zero attached hydrogens (tertiary/aromatic N) is 3. The van der Waals surface area contributed by atoms with Crippen LogP contribution < -0.4 is 5.32 Å². The van der Waals surface area contributed by atoms with Crippen LogP contribution in [-0.2, 0) is 0 Å². The monoisotopic (exact) mass is 230 g/mol. The number of aromatic nitrogens is 2. The van der Waals surface area contributed by atoms with E-state index in [0.717, 1.165) is 0 Å². The molecule has 0 amide bonds. The standard InChI is InChI=1S/C11H10N4O2/c1-12-11-10(13-6-7-14-11)8-4-2-3-5-9(8)15(16)17/h2-7H,1H3,(H,12,14). The SMILES string of the molecule is CNc1nccnc1-c1ccccc1[N+](=O)[O-]. The van der Waals surface area contributed by atoms with Crippen LogP contribution in [0.2, 0.25) is 0 Å². The number of anilines is 1. The molecule has 6 heteroatoms. The molecule has 0 fully saturated rings. The molecule has 1 N–H and O–H groups in total. The molecule has 0 saturated heterocycles. The molecule has 0 unspecified atom stereocenters. The highest BCUT2D eigenvalue weighted by Crippen LogP contribution is 2.31. The van der Waals surface area contributed by atoms with Crippen LogP contribution in [0.15, 0.2) is 36.7 Å². The van der Waals surface area contributed by atoms with Gasteiger partial charge in [-0.2, -0.15) is 0 Å². The molecule has 1 heterocycles. The Morgan fingerprint density at radius 1 is 1.24 bits per heavy atom. The molecule has 0 atom stereocenters. The predicted molar refractivity (Wildman–Crippen MR) is 63.7 cm³/mol. The lowest BCUT2D eigenvalue weighted by Crippen LogP contribution is -1.99. The van der Waals surface area contributed by atoms with Gasteiger partial charge in [0.05, 0.1) is 10.5 Å². The molecule has 6 nitrogen and oxygen atoms in total. The molecule has 0 radical (unpaired) electrons. The first-order valence-electron chi connectivity index (χ1n) is 4.96. The summed E-state index contributed by atoms with van der Waals surface area (Å²) in [4.78, 5) is 18.7. The average molecular weight is 230 g/mol. The van der Waals surface area contributed by atoms with E-state index in [4.69, 9.17) is 0 Å². The third-order valence-corrected chi connectivity index (χ3v) is 2.29. The lowest BCUT2D eigenvalue weighted by atomic mass is 10.1.